The Morgan fingerprint density at radius 2 is 1.64 bits per heavy atom. The van der Waals surface area contributed by atoms with Gasteiger partial charge in [0.2, 0.25) is 0 Å². The molecule has 0 aliphatic rings. The number of hydrogen-bond acceptors (Lipinski definition) is 3. The smallest absolute Gasteiger partial charge is 0.323 e. The van der Waals surface area contributed by atoms with Crippen molar-refractivity contribution in [2.75, 3.05) is 16.0 Å². The summed E-state index contributed by atoms with van der Waals surface area (Å²) >= 11 is 0. The molecule has 0 bridgehead atoms. The first-order valence-electron chi connectivity index (χ1n) is 9.29. The van der Waals surface area contributed by atoms with Crippen LogP contribution in [0.5, 0.6) is 0 Å². The van der Waals surface area contributed by atoms with Gasteiger partial charge in [-0.1, -0.05) is 51.1 Å². The van der Waals surface area contributed by atoms with Gasteiger partial charge in [-0.3, -0.25) is 0 Å². The number of nitrogens with one attached hydrogen (secondary N) is 3. The average molecular weight is 374 g/mol. The summed E-state index contributed by atoms with van der Waals surface area (Å²) in [5.41, 5.74) is 4.56. The van der Waals surface area contributed by atoms with Crippen molar-refractivity contribution in [2.24, 2.45) is 0 Å². The van der Waals surface area contributed by atoms with Crippen LogP contribution in [0.25, 0.3) is 0 Å². The molecule has 0 saturated carbocycles. The van der Waals surface area contributed by atoms with E-state index in [1.807, 2.05) is 55.5 Å². The van der Waals surface area contributed by atoms with Crippen molar-refractivity contribution in [1.82, 2.24) is 4.98 Å². The number of nitrogens with zero attached hydrogens (tertiary/aromatic N) is 1. The minimum atomic E-state index is -0.314. The number of urea groups is 1. The van der Waals surface area contributed by atoms with Crippen LogP contribution in [0.1, 0.15) is 31.9 Å². The summed E-state index contributed by atoms with van der Waals surface area (Å²) in [5, 5.41) is 9.11. The number of aromatic nitrogens is 1. The SMILES string of the molecule is Cc1cccc(NC(=O)Nc2cccnc2Nc2ccccc2C(C)(C)C)c1. The van der Waals surface area contributed by atoms with Gasteiger partial charge >= 0.3 is 6.03 Å². The molecule has 144 valence electrons. The number of rotatable bonds is 4. The van der Waals surface area contributed by atoms with E-state index in [-0.39, 0.29) is 11.4 Å². The van der Waals surface area contributed by atoms with E-state index in [1.165, 1.54) is 5.56 Å². The van der Waals surface area contributed by atoms with Crippen LogP contribution >= 0.6 is 0 Å². The van der Waals surface area contributed by atoms with Gasteiger partial charge in [-0.25, -0.2) is 9.78 Å². The molecule has 2 amide bonds. The predicted octanol–water partition coefficient (Wildman–Crippen LogP) is 6.08. The predicted molar refractivity (Wildman–Crippen MR) is 116 cm³/mol. The lowest BCUT2D eigenvalue weighted by Crippen LogP contribution is -2.20. The van der Waals surface area contributed by atoms with Crippen molar-refractivity contribution in [3.05, 3.63) is 78.0 Å². The van der Waals surface area contributed by atoms with Gasteiger partial charge in [0.1, 0.15) is 0 Å². The lowest BCUT2D eigenvalue weighted by molar-refractivity contribution is 0.262. The van der Waals surface area contributed by atoms with Crippen molar-refractivity contribution in [3.8, 4) is 0 Å². The van der Waals surface area contributed by atoms with E-state index in [4.69, 9.17) is 0 Å². The Bertz CT molecular complexity index is 976. The number of para-hydroxylation sites is 1. The fourth-order valence-electron chi connectivity index (χ4n) is 2.99. The molecule has 0 fully saturated rings. The maximum absolute atomic E-state index is 12.4. The number of amides is 2. The van der Waals surface area contributed by atoms with E-state index in [1.54, 1.807) is 12.3 Å². The highest BCUT2D eigenvalue weighted by Gasteiger charge is 2.18. The van der Waals surface area contributed by atoms with Gasteiger partial charge in [0.25, 0.3) is 0 Å². The first-order chi connectivity index (χ1) is 13.3. The fourth-order valence-corrected chi connectivity index (χ4v) is 2.99. The van der Waals surface area contributed by atoms with Crippen molar-refractivity contribution in [2.45, 2.75) is 33.1 Å². The summed E-state index contributed by atoms with van der Waals surface area (Å²) in [6, 6.07) is 19.1. The monoisotopic (exact) mass is 374 g/mol. The molecule has 1 aromatic heterocycles. The summed E-state index contributed by atoms with van der Waals surface area (Å²) in [6.07, 6.45) is 1.70. The van der Waals surface area contributed by atoms with E-state index >= 15 is 0 Å². The molecule has 0 aliphatic carbocycles. The van der Waals surface area contributed by atoms with Crippen LogP contribution in [0.15, 0.2) is 66.9 Å². The van der Waals surface area contributed by atoms with Crippen LogP contribution < -0.4 is 16.0 Å². The second-order valence-electron chi connectivity index (χ2n) is 7.77. The molecule has 5 nitrogen and oxygen atoms in total. The first kappa shape index (κ1) is 19.4. The molecule has 0 aliphatic heterocycles. The molecule has 1 heterocycles. The van der Waals surface area contributed by atoms with Crippen LogP contribution in [0.2, 0.25) is 0 Å². The average Bonchev–Trinajstić information content (AvgIpc) is 2.63. The minimum absolute atomic E-state index is 0.0193. The molecule has 0 saturated heterocycles. The highest BCUT2D eigenvalue weighted by molar-refractivity contribution is 6.01. The molecule has 2 aromatic carbocycles. The van der Waals surface area contributed by atoms with Crippen LogP contribution in [-0.4, -0.2) is 11.0 Å². The molecule has 3 rings (SSSR count). The second kappa shape index (κ2) is 8.13. The van der Waals surface area contributed by atoms with Crippen molar-refractivity contribution in [3.63, 3.8) is 0 Å². The van der Waals surface area contributed by atoms with Gasteiger partial charge in [-0.2, -0.15) is 0 Å². The third-order valence-corrected chi connectivity index (χ3v) is 4.32. The zero-order valence-corrected chi connectivity index (χ0v) is 16.7. The molecular weight excluding hydrogens is 348 g/mol. The number of aryl methyl sites for hydroxylation is 1. The maximum Gasteiger partial charge on any atom is 0.323 e. The Labute approximate surface area is 166 Å². The summed E-state index contributed by atoms with van der Waals surface area (Å²) in [4.78, 5) is 16.9. The standard InChI is InChI=1S/C23H26N4O/c1-16-9-7-10-17(15-16)25-22(28)27-20-13-8-14-24-21(20)26-19-12-6-5-11-18(19)23(2,3)4/h5-15H,1-4H3,(H,24,26)(H2,25,27,28). The van der Waals surface area contributed by atoms with E-state index in [0.29, 0.717) is 11.5 Å². The number of carbonyl (C=O) groups excluding carboxylic acids is 1. The maximum atomic E-state index is 12.4. The lowest BCUT2D eigenvalue weighted by atomic mass is 9.86. The molecule has 3 aromatic rings. The Morgan fingerprint density at radius 3 is 2.39 bits per heavy atom. The van der Waals surface area contributed by atoms with Gasteiger partial charge in [-0.15, -0.1) is 0 Å². The van der Waals surface area contributed by atoms with Crippen LogP contribution in [0, 0.1) is 6.92 Å². The molecule has 0 radical (unpaired) electrons. The highest BCUT2D eigenvalue weighted by Crippen LogP contribution is 2.32. The zero-order chi connectivity index (χ0) is 20.1. The summed E-state index contributed by atoms with van der Waals surface area (Å²) in [7, 11) is 0. The number of pyridine rings is 1. The topological polar surface area (TPSA) is 66.0 Å². The summed E-state index contributed by atoms with van der Waals surface area (Å²) in [6.45, 7) is 8.49. The number of benzene rings is 2. The van der Waals surface area contributed by atoms with E-state index in [0.717, 1.165) is 16.9 Å². The first-order valence-corrected chi connectivity index (χ1v) is 9.29. The van der Waals surface area contributed by atoms with E-state index in [2.05, 4.69) is 47.8 Å². The molecular formula is C23H26N4O. The van der Waals surface area contributed by atoms with Gasteiger partial charge in [0.05, 0.1) is 5.69 Å². The lowest BCUT2D eigenvalue weighted by Gasteiger charge is -2.23. The van der Waals surface area contributed by atoms with Crippen molar-refractivity contribution < 1.29 is 4.79 Å². The van der Waals surface area contributed by atoms with Crippen molar-refractivity contribution >= 4 is 28.9 Å². The largest absolute Gasteiger partial charge is 0.338 e. The van der Waals surface area contributed by atoms with Gasteiger partial charge in [-0.05, 0) is 53.8 Å². The van der Waals surface area contributed by atoms with Gasteiger partial charge in [0, 0.05) is 17.6 Å². The minimum Gasteiger partial charge on any atom is -0.338 e. The summed E-state index contributed by atoms with van der Waals surface area (Å²) < 4.78 is 0. The number of carbonyl (C=O) groups is 1. The molecule has 5 heteroatoms. The van der Waals surface area contributed by atoms with Crippen LogP contribution in [-0.2, 0) is 5.41 Å². The van der Waals surface area contributed by atoms with E-state index in [9.17, 15) is 4.79 Å². The van der Waals surface area contributed by atoms with Crippen LogP contribution in [0.3, 0.4) is 0 Å². The van der Waals surface area contributed by atoms with E-state index < -0.39 is 0 Å². The Morgan fingerprint density at radius 1 is 0.893 bits per heavy atom. The summed E-state index contributed by atoms with van der Waals surface area (Å²) in [5.74, 6) is 0.596. The third kappa shape index (κ3) is 4.88. The molecule has 0 unspecified atom stereocenters. The van der Waals surface area contributed by atoms with Crippen molar-refractivity contribution in [1.29, 1.82) is 0 Å². The quantitative estimate of drug-likeness (QED) is 0.519. The van der Waals surface area contributed by atoms with Gasteiger partial charge < -0.3 is 16.0 Å². The molecule has 3 N–H and O–H groups in total. The second-order valence-corrected chi connectivity index (χ2v) is 7.77. The number of hydrogen-bond donors (Lipinski definition) is 3. The Hall–Kier alpha value is -3.34. The molecule has 0 spiro atoms. The Kier molecular flexibility index (Phi) is 5.64. The molecule has 0 atom stereocenters. The number of anilines is 4. The fraction of sp³-hybridized carbons (Fsp3) is 0.217. The zero-order valence-electron chi connectivity index (χ0n) is 16.7. The molecule has 28 heavy (non-hydrogen) atoms. The van der Waals surface area contributed by atoms with Gasteiger partial charge in [0.15, 0.2) is 5.82 Å². The van der Waals surface area contributed by atoms with Crippen LogP contribution in [0.4, 0.5) is 27.7 Å². The normalized spacial score (nSPS) is 11.0. The third-order valence-electron chi connectivity index (χ3n) is 4.32. The highest BCUT2D eigenvalue weighted by atomic mass is 16.2. The Balaban J connectivity index is 1.80.